The fourth-order valence-corrected chi connectivity index (χ4v) is 0.0913. The van der Waals surface area contributed by atoms with Gasteiger partial charge in [-0.3, -0.25) is 5.26 Å². The summed E-state index contributed by atoms with van der Waals surface area (Å²) in [4.78, 5) is 9.32. The summed E-state index contributed by atoms with van der Waals surface area (Å²) in [5.74, 6) is 0.333. The van der Waals surface area contributed by atoms with Gasteiger partial charge in [-0.2, -0.15) is 5.97 Å². The second-order valence-electron chi connectivity index (χ2n) is 0.965. The molecule has 0 aromatic heterocycles. The summed E-state index contributed by atoms with van der Waals surface area (Å²) in [5.41, 5.74) is 0. The molecule has 0 bridgehead atoms. The zero-order chi connectivity index (χ0) is 4.99. The van der Waals surface area contributed by atoms with Crippen LogP contribution in [-0.2, 0) is 0 Å². The largest absolute Gasteiger partial charge is 1.00 e. The van der Waals surface area contributed by atoms with Crippen molar-refractivity contribution in [3.05, 3.63) is 0 Å². The van der Waals surface area contributed by atoms with Crippen molar-refractivity contribution in [1.29, 1.82) is 5.26 Å². The van der Waals surface area contributed by atoms with Crippen LogP contribution >= 0.6 is 0 Å². The topological polar surface area (TPSA) is 63.9 Å². The Hall–Kier alpha value is 1.02. The van der Waals surface area contributed by atoms with Gasteiger partial charge in [-0.05, 0) is 0 Å². The number of nitriles is 1. The molecule has 3 nitrogen and oxygen atoms in total. The van der Waals surface area contributed by atoms with Crippen LogP contribution in [0.1, 0.15) is 0 Å². The molecule has 0 saturated heterocycles. The van der Waals surface area contributed by atoms with Gasteiger partial charge in [0.15, 0.2) is 0 Å². The Labute approximate surface area is 92.3 Å². The number of nitrogens with zero attached hydrogens (tertiary/aromatic N) is 1. The quantitative estimate of drug-likeness (QED) is 0.330. The molecule has 0 radical (unpaired) electrons. The fourth-order valence-electron chi connectivity index (χ4n) is 0.0913. The van der Waals surface area contributed by atoms with Gasteiger partial charge in [0.2, 0.25) is 0 Å². The third-order valence-corrected chi connectivity index (χ3v) is 0.316. The van der Waals surface area contributed by atoms with Gasteiger partial charge >= 0.3 is 59.1 Å². The Balaban J connectivity index is -0.000000125. The van der Waals surface area contributed by atoms with Crippen molar-refractivity contribution in [2.75, 3.05) is 0 Å². The van der Waals surface area contributed by atoms with E-state index in [9.17, 15) is 9.90 Å². The molecule has 0 aliphatic carbocycles. The van der Waals surface area contributed by atoms with Gasteiger partial charge in [-0.15, -0.1) is 5.87 Å². The third-order valence-electron chi connectivity index (χ3n) is 0.316. The van der Waals surface area contributed by atoms with E-state index in [4.69, 9.17) is 5.26 Å². The van der Waals surface area contributed by atoms with Gasteiger partial charge in [0, 0.05) is 0 Å². The predicted octanol–water partition coefficient (Wildman–Crippen LogP) is -8.01. The van der Waals surface area contributed by atoms with Crippen LogP contribution in [0.5, 0.6) is 0 Å². The van der Waals surface area contributed by atoms with Crippen LogP contribution < -0.4 is 64.2 Å². The summed E-state index contributed by atoms with van der Waals surface area (Å²) in [7, 11) is -1.43. The minimum absolute atomic E-state index is 0. The zero-order valence-electron chi connectivity index (χ0n) is 5.26. The normalized spacial score (nSPS) is 4.88. The van der Waals surface area contributed by atoms with E-state index < -0.39 is 13.1 Å². The number of carboxylic acid groups (broad SMARTS) is 1. The first-order chi connectivity index (χ1) is 2.77. The second-order valence-corrected chi connectivity index (χ2v) is 0.965. The monoisotopic (exact) mass is 129 g/mol. The average molecular weight is 129 g/mol. The Morgan fingerprint density at radius 3 is 2.00 bits per heavy atom. The van der Waals surface area contributed by atoms with Crippen LogP contribution in [-0.4, -0.2) is 13.1 Å². The summed E-state index contributed by atoms with van der Waals surface area (Å²) in [6.45, 7) is 0. The number of rotatable bonds is 1. The van der Waals surface area contributed by atoms with E-state index in [0.29, 0.717) is 0 Å². The molecule has 0 unspecified atom stereocenters. The molecular weight excluding hydrogens is 127 g/mol. The van der Waals surface area contributed by atoms with Gasteiger partial charge in [0.1, 0.15) is 7.28 Å². The number of carbonyl (C=O) groups excluding carboxylic acids is 1. The molecule has 0 atom stereocenters. The molecule has 0 spiro atoms. The van der Waals surface area contributed by atoms with E-state index in [1.54, 1.807) is 0 Å². The molecule has 0 aromatic rings. The van der Waals surface area contributed by atoms with E-state index in [1.165, 1.54) is 5.97 Å². The SMILES string of the molecule is N#C[BH2-]C(=O)[O-].[Na+].[Na+]. The fraction of sp³-hybridized carbons (Fsp3) is 0. The standard InChI is InChI=1S/C2H3BNO2.2Na/c4-1-3-2(5)6;;/h3H2,(H,5,6);;/q-1;2*+1/p-1. The van der Waals surface area contributed by atoms with Gasteiger partial charge < -0.3 is 9.90 Å². The third kappa shape index (κ3) is 15.7. The molecule has 0 rings (SSSR count). The van der Waals surface area contributed by atoms with Crippen molar-refractivity contribution >= 4 is 13.1 Å². The van der Waals surface area contributed by atoms with Crippen LogP contribution in [0.2, 0.25) is 0 Å². The summed E-state index contributed by atoms with van der Waals surface area (Å²) in [6, 6.07) is 0. The molecule has 0 heterocycles. The molecule has 0 fully saturated rings. The van der Waals surface area contributed by atoms with Gasteiger partial charge in [0.05, 0.1) is 0 Å². The first-order valence-corrected chi connectivity index (χ1v) is 1.63. The number of hydrogen-bond donors (Lipinski definition) is 0. The van der Waals surface area contributed by atoms with Crippen LogP contribution in [0, 0.1) is 11.2 Å². The van der Waals surface area contributed by atoms with Crippen LogP contribution in [0.4, 0.5) is 4.79 Å². The summed E-state index contributed by atoms with van der Waals surface area (Å²) < 4.78 is 0. The molecule has 0 aliphatic heterocycles. The van der Waals surface area contributed by atoms with Gasteiger partial charge in [-0.25, -0.2) is 0 Å². The summed E-state index contributed by atoms with van der Waals surface area (Å²) >= 11 is 0. The van der Waals surface area contributed by atoms with E-state index in [-0.39, 0.29) is 59.1 Å². The first kappa shape index (κ1) is 16.0. The second kappa shape index (κ2) is 10.9. The molecular formula is C2H2BNNa2O2. The van der Waals surface area contributed by atoms with Crippen LogP contribution in [0.3, 0.4) is 0 Å². The maximum atomic E-state index is 9.32. The Morgan fingerprint density at radius 2 is 2.00 bits per heavy atom. The first-order valence-electron chi connectivity index (χ1n) is 1.63. The molecule has 0 aliphatic rings. The Kier molecular flexibility index (Phi) is 21.8. The Morgan fingerprint density at radius 1 is 1.62 bits per heavy atom. The number of carbonyl (C=O) groups is 1. The molecule has 0 saturated carbocycles. The summed E-state index contributed by atoms with van der Waals surface area (Å²) in [6.07, 6.45) is 0. The van der Waals surface area contributed by atoms with Crippen molar-refractivity contribution in [1.82, 2.24) is 0 Å². The van der Waals surface area contributed by atoms with Crippen molar-refractivity contribution in [2.45, 2.75) is 0 Å². The Bertz CT molecular complexity index is 101. The minimum Gasteiger partial charge on any atom is -0.595 e. The maximum Gasteiger partial charge on any atom is 1.00 e. The van der Waals surface area contributed by atoms with E-state index in [0.717, 1.165) is 0 Å². The summed E-state index contributed by atoms with van der Waals surface area (Å²) in [5, 5.41) is 16.9. The molecule has 0 amide bonds. The van der Waals surface area contributed by atoms with Crippen molar-refractivity contribution < 1.29 is 69.0 Å². The van der Waals surface area contributed by atoms with Crippen molar-refractivity contribution in [3.63, 3.8) is 0 Å². The van der Waals surface area contributed by atoms with E-state index in [2.05, 4.69) is 0 Å². The minimum atomic E-state index is -1.43. The van der Waals surface area contributed by atoms with Crippen LogP contribution in [0.25, 0.3) is 0 Å². The zero-order valence-corrected chi connectivity index (χ0v) is 9.26. The smallest absolute Gasteiger partial charge is 0.595 e. The van der Waals surface area contributed by atoms with Gasteiger partial charge in [0.25, 0.3) is 0 Å². The van der Waals surface area contributed by atoms with Crippen LogP contribution in [0.15, 0.2) is 0 Å². The molecule has 0 N–H and O–H groups in total. The predicted molar refractivity (Wildman–Crippen MR) is 19.6 cm³/mol. The van der Waals surface area contributed by atoms with Gasteiger partial charge in [-0.1, -0.05) is 0 Å². The maximum absolute atomic E-state index is 9.32. The molecule has 32 valence electrons. The number of hydrogen-bond acceptors (Lipinski definition) is 3. The molecule has 8 heavy (non-hydrogen) atoms. The van der Waals surface area contributed by atoms with Crippen molar-refractivity contribution in [3.8, 4) is 5.97 Å². The van der Waals surface area contributed by atoms with E-state index in [1.807, 2.05) is 0 Å². The van der Waals surface area contributed by atoms with E-state index >= 15 is 0 Å². The molecule has 0 aromatic carbocycles. The molecule has 6 heteroatoms. The average Bonchev–Trinajstić information content (AvgIpc) is 1.35. The van der Waals surface area contributed by atoms with Crippen molar-refractivity contribution in [2.24, 2.45) is 0 Å².